The molecule has 2 N–H and O–H groups in total. The van der Waals surface area contributed by atoms with Gasteiger partial charge >= 0.3 is 5.97 Å². The molecule has 0 aromatic rings. The number of rotatable bonds is 3. The Balaban J connectivity index is 1.79. The first-order valence-electron chi connectivity index (χ1n) is 5.83. The minimum atomic E-state index is -0.697. The van der Waals surface area contributed by atoms with Crippen molar-refractivity contribution in [1.29, 1.82) is 0 Å². The van der Waals surface area contributed by atoms with E-state index in [1.807, 2.05) is 0 Å². The van der Waals surface area contributed by atoms with Crippen LogP contribution < -0.4 is 5.32 Å². The lowest BCUT2D eigenvalue weighted by atomic mass is 9.96. The molecule has 4 nitrogen and oxygen atoms in total. The fourth-order valence-corrected chi connectivity index (χ4v) is 2.84. The molecular weight excluding hydrogens is 192 g/mol. The molecule has 2 aliphatic rings. The highest BCUT2D eigenvalue weighted by molar-refractivity contribution is 5.73. The van der Waals surface area contributed by atoms with Gasteiger partial charge in [-0.2, -0.15) is 0 Å². The second kappa shape index (κ2) is 4.49. The summed E-state index contributed by atoms with van der Waals surface area (Å²) < 4.78 is 0. The van der Waals surface area contributed by atoms with Gasteiger partial charge in [0, 0.05) is 6.04 Å². The van der Waals surface area contributed by atoms with Gasteiger partial charge < -0.3 is 15.3 Å². The van der Waals surface area contributed by atoms with Gasteiger partial charge in [-0.3, -0.25) is 4.79 Å². The molecular formula is C11H20N2O2. The lowest BCUT2D eigenvalue weighted by molar-refractivity contribution is -0.139. The molecule has 15 heavy (non-hydrogen) atoms. The number of nitrogens with zero attached hydrogens (tertiary/aromatic N) is 1. The lowest BCUT2D eigenvalue weighted by Gasteiger charge is -2.22. The van der Waals surface area contributed by atoms with E-state index in [1.54, 1.807) is 0 Å². The molecule has 0 aliphatic carbocycles. The molecule has 2 heterocycles. The quantitative estimate of drug-likeness (QED) is 0.716. The topological polar surface area (TPSA) is 52.6 Å². The van der Waals surface area contributed by atoms with Gasteiger partial charge in [0.2, 0.25) is 0 Å². The van der Waals surface area contributed by atoms with Crippen LogP contribution >= 0.6 is 0 Å². The molecule has 3 atom stereocenters. The first kappa shape index (κ1) is 10.9. The van der Waals surface area contributed by atoms with Crippen LogP contribution in [0.3, 0.4) is 0 Å². The second-order valence-corrected chi connectivity index (χ2v) is 4.91. The summed E-state index contributed by atoms with van der Waals surface area (Å²) in [5.74, 6) is -0.145. The average Bonchev–Trinajstić information content (AvgIpc) is 2.77. The summed E-state index contributed by atoms with van der Waals surface area (Å²) in [5, 5.41) is 11.9. The number of likely N-dealkylation sites (tertiary alicyclic amines) is 1. The van der Waals surface area contributed by atoms with Crippen molar-refractivity contribution in [2.45, 2.75) is 37.8 Å². The van der Waals surface area contributed by atoms with Gasteiger partial charge in [0.15, 0.2) is 0 Å². The van der Waals surface area contributed by atoms with Crippen molar-refractivity contribution in [2.75, 3.05) is 20.1 Å². The van der Waals surface area contributed by atoms with Crippen molar-refractivity contribution in [3.63, 3.8) is 0 Å². The molecule has 2 aliphatic heterocycles. The molecule has 2 rings (SSSR count). The molecule has 0 spiro atoms. The largest absolute Gasteiger partial charge is 0.480 e. The lowest BCUT2D eigenvalue weighted by Crippen LogP contribution is -2.30. The van der Waals surface area contributed by atoms with Crippen molar-refractivity contribution in [1.82, 2.24) is 10.2 Å². The number of nitrogens with one attached hydrogen (secondary N) is 1. The highest BCUT2D eigenvalue weighted by Gasteiger charge is 2.32. The summed E-state index contributed by atoms with van der Waals surface area (Å²) in [6.45, 7) is 2.08. The van der Waals surface area contributed by atoms with Crippen molar-refractivity contribution in [3.8, 4) is 0 Å². The maximum absolute atomic E-state index is 10.8. The number of aliphatic carboxylic acids is 1. The van der Waals surface area contributed by atoms with Crippen molar-refractivity contribution in [2.24, 2.45) is 5.92 Å². The van der Waals surface area contributed by atoms with E-state index in [0.717, 1.165) is 19.4 Å². The summed E-state index contributed by atoms with van der Waals surface area (Å²) >= 11 is 0. The zero-order chi connectivity index (χ0) is 10.8. The van der Waals surface area contributed by atoms with E-state index in [-0.39, 0.29) is 6.04 Å². The predicted molar refractivity (Wildman–Crippen MR) is 57.8 cm³/mol. The second-order valence-electron chi connectivity index (χ2n) is 4.91. The maximum atomic E-state index is 10.8. The molecule has 0 aromatic carbocycles. The minimum Gasteiger partial charge on any atom is -0.480 e. The van der Waals surface area contributed by atoms with Crippen molar-refractivity contribution in [3.05, 3.63) is 0 Å². The van der Waals surface area contributed by atoms with Crippen LogP contribution in [0.5, 0.6) is 0 Å². The zero-order valence-electron chi connectivity index (χ0n) is 9.28. The number of carboxylic acid groups (broad SMARTS) is 1. The van der Waals surface area contributed by atoms with Crippen LogP contribution in [0.2, 0.25) is 0 Å². The zero-order valence-corrected chi connectivity index (χ0v) is 9.28. The third kappa shape index (κ3) is 2.49. The van der Waals surface area contributed by atoms with Crippen LogP contribution in [0.4, 0.5) is 0 Å². The average molecular weight is 212 g/mol. The fraction of sp³-hybridized carbons (Fsp3) is 0.909. The molecule has 86 valence electrons. The number of hydrogen-bond acceptors (Lipinski definition) is 3. The van der Waals surface area contributed by atoms with Gasteiger partial charge in [0.1, 0.15) is 6.04 Å². The smallest absolute Gasteiger partial charge is 0.320 e. The van der Waals surface area contributed by atoms with E-state index >= 15 is 0 Å². The molecule has 2 saturated heterocycles. The number of carbonyl (C=O) groups is 1. The Kier molecular flexibility index (Phi) is 3.26. The van der Waals surface area contributed by atoms with E-state index < -0.39 is 5.97 Å². The summed E-state index contributed by atoms with van der Waals surface area (Å²) in [7, 11) is 2.18. The van der Waals surface area contributed by atoms with E-state index in [4.69, 9.17) is 5.11 Å². The fourth-order valence-electron chi connectivity index (χ4n) is 2.84. The highest BCUT2D eigenvalue weighted by atomic mass is 16.4. The molecule has 0 saturated carbocycles. The summed E-state index contributed by atoms with van der Waals surface area (Å²) in [6, 6.07) is 0.381. The van der Waals surface area contributed by atoms with Gasteiger partial charge in [-0.25, -0.2) is 0 Å². The molecule has 4 heteroatoms. The highest BCUT2D eigenvalue weighted by Crippen LogP contribution is 2.26. The molecule has 0 bridgehead atoms. The van der Waals surface area contributed by atoms with Gasteiger partial charge in [-0.15, -0.1) is 0 Å². The van der Waals surface area contributed by atoms with Crippen molar-refractivity contribution < 1.29 is 9.90 Å². The van der Waals surface area contributed by atoms with E-state index in [9.17, 15) is 4.79 Å². The Morgan fingerprint density at radius 3 is 2.93 bits per heavy atom. The molecule has 0 aromatic heterocycles. The van der Waals surface area contributed by atoms with Crippen LogP contribution in [0.15, 0.2) is 0 Å². The summed E-state index contributed by atoms with van der Waals surface area (Å²) in [4.78, 5) is 13.2. The van der Waals surface area contributed by atoms with Crippen LogP contribution in [0.25, 0.3) is 0 Å². The number of hydrogen-bond donors (Lipinski definition) is 2. The Labute approximate surface area is 90.6 Å². The minimum absolute atomic E-state index is 0.304. The molecule has 0 radical (unpaired) electrons. The monoisotopic (exact) mass is 212 g/mol. The SMILES string of the molecule is CN1CCCC1CC1CNC(C(=O)O)C1. The molecule has 0 amide bonds. The third-order valence-corrected chi connectivity index (χ3v) is 3.80. The maximum Gasteiger partial charge on any atom is 0.320 e. The molecule has 3 unspecified atom stereocenters. The van der Waals surface area contributed by atoms with Gasteiger partial charge in [-0.05, 0) is 51.7 Å². The first-order chi connectivity index (χ1) is 7.16. The van der Waals surface area contributed by atoms with E-state index in [1.165, 1.54) is 19.4 Å². The van der Waals surface area contributed by atoms with Crippen LogP contribution in [-0.2, 0) is 4.79 Å². The van der Waals surface area contributed by atoms with Gasteiger partial charge in [0.25, 0.3) is 0 Å². The first-order valence-corrected chi connectivity index (χ1v) is 5.83. The normalized spacial score (nSPS) is 37.3. The Morgan fingerprint density at radius 1 is 1.60 bits per heavy atom. The number of carboxylic acids is 1. The van der Waals surface area contributed by atoms with Crippen LogP contribution in [0, 0.1) is 5.92 Å². The Hall–Kier alpha value is -0.610. The van der Waals surface area contributed by atoms with Crippen LogP contribution in [-0.4, -0.2) is 48.2 Å². The van der Waals surface area contributed by atoms with E-state index in [0.29, 0.717) is 12.0 Å². The summed E-state index contributed by atoms with van der Waals surface area (Å²) in [5.41, 5.74) is 0. The van der Waals surface area contributed by atoms with E-state index in [2.05, 4.69) is 17.3 Å². The Bertz CT molecular complexity index is 245. The van der Waals surface area contributed by atoms with Crippen molar-refractivity contribution >= 4 is 5.97 Å². The van der Waals surface area contributed by atoms with Gasteiger partial charge in [-0.1, -0.05) is 0 Å². The Morgan fingerprint density at radius 2 is 2.40 bits per heavy atom. The van der Waals surface area contributed by atoms with Gasteiger partial charge in [0.05, 0.1) is 0 Å². The third-order valence-electron chi connectivity index (χ3n) is 3.80. The predicted octanol–water partition coefficient (Wildman–Crippen LogP) is 0.533. The van der Waals surface area contributed by atoms with Crippen LogP contribution in [0.1, 0.15) is 25.7 Å². The summed E-state index contributed by atoms with van der Waals surface area (Å²) in [6.07, 6.45) is 4.54. The standard InChI is InChI=1S/C11H20N2O2/c1-13-4-2-3-9(13)5-8-6-10(11(14)15)12-7-8/h8-10,12H,2-7H2,1H3,(H,14,15). The molecule has 2 fully saturated rings.